The van der Waals surface area contributed by atoms with Gasteiger partial charge in [0.05, 0.1) is 12.3 Å². The number of furan rings is 1. The maximum Gasteiger partial charge on any atom is 0.136 e. The van der Waals surface area contributed by atoms with Crippen molar-refractivity contribution in [3.05, 3.63) is 121 Å². The Hall–Kier alpha value is -4.62. The number of rotatable bonds is 1. The molecule has 0 fully saturated rings. The zero-order valence-corrected chi connectivity index (χ0v) is 18.3. The molecule has 0 radical (unpaired) electrons. The fraction of sp³-hybridized carbons (Fsp3) is 0. The molecule has 1 heteroatoms. The standard InChI is InChI=1S/C34H20O/c1-4-10-25-21(7-1)13-15-29-28(25)16-18-32-34(29)30-20-24(14-17-31(30)35-32)33-26-11-5-2-8-22(26)19-23-9-3-6-12-27(23)33/h1-20H/i2D,3D,5D,6D,8D,9D,11D,12D,19D. The molecule has 35 heavy (non-hydrogen) atoms. The van der Waals surface area contributed by atoms with Gasteiger partial charge in [0.25, 0.3) is 0 Å². The van der Waals surface area contributed by atoms with Crippen LogP contribution in [-0.2, 0) is 0 Å². The molecule has 0 spiro atoms. The Morgan fingerprint density at radius 1 is 0.514 bits per heavy atom. The second-order valence-corrected chi connectivity index (χ2v) is 8.63. The van der Waals surface area contributed by atoms with Crippen molar-refractivity contribution >= 4 is 65.0 Å². The van der Waals surface area contributed by atoms with E-state index in [9.17, 15) is 0 Å². The molecule has 7 aromatic carbocycles. The normalized spacial score (nSPS) is 15.6. The molecule has 8 aromatic rings. The first-order chi connectivity index (χ1) is 21.1. The summed E-state index contributed by atoms with van der Waals surface area (Å²) in [6.45, 7) is 0. The van der Waals surface area contributed by atoms with Gasteiger partial charge in [0.15, 0.2) is 0 Å². The van der Waals surface area contributed by atoms with Crippen molar-refractivity contribution in [1.82, 2.24) is 0 Å². The first-order valence-electron chi connectivity index (χ1n) is 15.8. The van der Waals surface area contributed by atoms with Crippen LogP contribution in [0.5, 0.6) is 0 Å². The van der Waals surface area contributed by atoms with Crippen LogP contribution in [0, 0.1) is 0 Å². The van der Waals surface area contributed by atoms with E-state index < -0.39 is 36.3 Å². The molecule has 0 N–H and O–H groups in total. The molecular weight excluding hydrogens is 424 g/mol. The van der Waals surface area contributed by atoms with Gasteiger partial charge in [0, 0.05) is 10.8 Å². The van der Waals surface area contributed by atoms with Crippen LogP contribution in [0.2, 0.25) is 0 Å². The lowest BCUT2D eigenvalue weighted by Gasteiger charge is -2.12. The van der Waals surface area contributed by atoms with Crippen LogP contribution >= 0.6 is 0 Å². The van der Waals surface area contributed by atoms with Gasteiger partial charge in [-0.1, -0.05) is 96.9 Å². The minimum Gasteiger partial charge on any atom is -0.456 e. The molecule has 0 aliphatic carbocycles. The molecule has 1 nitrogen and oxygen atoms in total. The fourth-order valence-corrected chi connectivity index (χ4v) is 5.25. The molecule has 0 bridgehead atoms. The van der Waals surface area contributed by atoms with E-state index in [0.717, 1.165) is 32.3 Å². The predicted octanol–water partition coefficient (Wildman–Crippen LogP) is 9.87. The minimum absolute atomic E-state index is 0.0292. The van der Waals surface area contributed by atoms with E-state index in [1.54, 1.807) is 12.1 Å². The highest BCUT2D eigenvalue weighted by atomic mass is 16.3. The predicted molar refractivity (Wildman–Crippen MR) is 149 cm³/mol. The fourth-order valence-electron chi connectivity index (χ4n) is 5.25. The van der Waals surface area contributed by atoms with Crippen LogP contribution in [0.4, 0.5) is 0 Å². The van der Waals surface area contributed by atoms with Crippen molar-refractivity contribution in [1.29, 1.82) is 0 Å². The summed E-state index contributed by atoms with van der Waals surface area (Å²) in [6, 6.07) is 17.5. The van der Waals surface area contributed by atoms with Crippen LogP contribution < -0.4 is 0 Å². The van der Waals surface area contributed by atoms with Crippen molar-refractivity contribution in [3.8, 4) is 11.1 Å². The second-order valence-electron chi connectivity index (χ2n) is 8.63. The summed E-state index contributed by atoms with van der Waals surface area (Å²) in [6.07, 6.45) is 0. The highest BCUT2D eigenvalue weighted by Crippen LogP contribution is 2.41. The molecule has 0 saturated carbocycles. The Balaban J connectivity index is 1.60. The molecule has 8 rings (SSSR count). The molecule has 1 aromatic heterocycles. The number of fused-ring (bicyclic) bond motifs is 9. The quantitative estimate of drug-likeness (QED) is 0.178. The van der Waals surface area contributed by atoms with Gasteiger partial charge in [-0.05, 0) is 78.5 Å². The van der Waals surface area contributed by atoms with Gasteiger partial charge in [-0.15, -0.1) is 0 Å². The molecule has 0 aliphatic heterocycles. The summed E-state index contributed by atoms with van der Waals surface area (Å²) >= 11 is 0. The van der Waals surface area contributed by atoms with E-state index in [1.807, 2.05) is 36.4 Å². The Morgan fingerprint density at radius 2 is 1.23 bits per heavy atom. The van der Waals surface area contributed by atoms with Crippen molar-refractivity contribution in [2.24, 2.45) is 0 Å². The Labute approximate surface area is 214 Å². The average molecular weight is 454 g/mol. The van der Waals surface area contributed by atoms with Crippen LogP contribution in [-0.4, -0.2) is 0 Å². The van der Waals surface area contributed by atoms with E-state index in [1.165, 1.54) is 0 Å². The van der Waals surface area contributed by atoms with Gasteiger partial charge in [-0.3, -0.25) is 0 Å². The third-order valence-corrected chi connectivity index (χ3v) is 6.77. The number of hydrogen-bond donors (Lipinski definition) is 0. The van der Waals surface area contributed by atoms with Gasteiger partial charge in [0.2, 0.25) is 0 Å². The van der Waals surface area contributed by atoms with Crippen LogP contribution in [0.1, 0.15) is 12.3 Å². The molecular formula is C34H20O. The van der Waals surface area contributed by atoms with E-state index in [0.29, 0.717) is 16.7 Å². The monoisotopic (exact) mass is 453 g/mol. The number of benzene rings is 7. The van der Waals surface area contributed by atoms with Gasteiger partial charge < -0.3 is 4.42 Å². The van der Waals surface area contributed by atoms with E-state index >= 15 is 0 Å². The van der Waals surface area contributed by atoms with Crippen molar-refractivity contribution in [2.45, 2.75) is 0 Å². The zero-order chi connectivity index (χ0) is 30.8. The summed E-state index contributed by atoms with van der Waals surface area (Å²) in [5.41, 5.74) is 1.95. The van der Waals surface area contributed by atoms with E-state index in [2.05, 4.69) is 18.2 Å². The first-order valence-corrected chi connectivity index (χ1v) is 11.3. The van der Waals surface area contributed by atoms with E-state index in [-0.39, 0.29) is 45.2 Å². The summed E-state index contributed by atoms with van der Waals surface area (Å²) in [4.78, 5) is 0. The zero-order valence-electron chi connectivity index (χ0n) is 27.3. The smallest absolute Gasteiger partial charge is 0.136 e. The molecule has 0 unspecified atom stereocenters. The maximum absolute atomic E-state index is 8.96. The van der Waals surface area contributed by atoms with Gasteiger partial charge in [0.1, 0.15) is 11.2 Å². The molecule has 0 aliphatic rings. The third kappa shape index (κ3) is 2.64. The largest absolute Gasteiger partial charge is 0.456 e. The molecule has 1 heterocycles. The minimum atomic E-state index is -0.517. The van der Waals surface area contributed by atoms with Gasteiger partial charge >= 0.3 is 0 Å². The maximum atomic E-state index is 8.96. The third-order valence-electron chi connectivity index (χ3n) is 6.77. The summed E-state index contributed by atoms with van der Waals surface area (Å²) in [5.74, 6) is 0. The van der Waals surface area contributed by atoms with Crippen molar-refractivity contribution < 1.29 is 16.8 Å². The number of hydrogen-bond acceptors (Lipinski definition) is 1. The first kappa shape index (κ1) is 12.2. The molecule has 0 amide bonds. The Bertz CT molecular complexity index is 2520. The topological polar surface area (TPSA) is 13.1 Å². The lowest BCUT2D eigenvalue weighted by molar-refractivity contribution is 0.669. The average Bonchev–Trinajstić information content (AvgIpc) is 3.42. The van der Waals surface area contributed by atoms with E-state index in [4.69, 9.17) is 16.8 Å². The van der Waals surface area contributed by atoms with Crippen LogP contribution in [0.15, 0.2) is 126 Å². The molecule has 0 atom stereocenters. The van der Waals surface area contributed by atoms with Crippen LogP contribution in [0.3, 0.4) is 0 Å². The second kappa shape index (κ2) is 6.94. The highest BCUT2D eigenvalue weighted by Gasteiger charge is 2.15. The van der Waals surface area contributed by atoms with Gasteiger partial charge in [-0.25, -0.2) is 0 Å². The van der Waals surface area contributed by atoms with Gasteiger partial charge in [-0.2, -0.15) is 0 Å². The van der Waals surface area contributed by atoms with Crippen molar-refractivity contribution in [2.75, 3.05) is 0 Å². The Morgan fingerprint density at radius 3 is 2.06 bits per heavy atom. The Kier molecular flexibility index (Phi) is 2.42. The summed E-state index contributed by atoms with van der Waals surface area (Å²) in [5, 5.41) is 5.67. The highest BCUT2D eigenvalue weighted by molar-refractivity contribution is 6.24. The van der Waals surface area contributed by atoms with Crippen molar-refractivity contribution in [3.63, 3.8) is 0 Å². The molecule has 0 saturated heterocycles. The molecule has 162 valence electrons. The summed E-state index contributed by atoms with van der Waals surface area (Å²) < 4.78 is 83.7. The lowest BCUT2D eigenvalue weighted by Crippen LogP contribution is -1.85. The SMILES string of the molecule is [2H]c1c([2H])c([2H])c2c(-c3ccc4oc5ccc6c7ccccc7ccc6c5c4c3)c3c([2H])c([2H])c([2H])c([2H])c3c([2H])c2c1[2H]. The van der Waals surface area contributed by atoms with Crippen LogP contribution in [0.25, 0.3) is 76.2 Å². The summed E-state index contributed by atoms with van der Waals surface area (Å²) in [7, 11) is 0. The lowest BCUT2D eigenvalue weighted by atomic mass is 9.91.